The molecule has 0 saturated heterocycles. The van der Waals surface area contributed by atoms with Crippen molar-refractivity contribution >= 4 is 0 Å². The molecule has 37 valence electrons. The molecule has 1 heterocycles. The summed E-state index contributed by atoms with van der Waals surface area (Å²) in [7, 11) is 0. The fraction of sp³-hybridized carbons (Fsp3) is 0. The first kappa shape index (κ1) is 3.98. The van der Waals surface area contributed by atoms with E-state index >= 15 is 0 Å². The lowest BCUT2D eigenvalue weighted by molar-refractivity contribution is 0.264. The lowest BCUT2D eigenvalue weighted by atomic mass is 10.6. The van der Waals surface area contributed by atoms with E-state index in [1.807, 2.05) is 6.20 Å². The van der Waals surface area contributed by atoms with Gasteiger partial charge in [-0.3, -0.25) is 0 Å². The fourth-order valence-corrected chi connectivity index (χ4v) is 0.200. The molecule has 0 aliphatic heterocycles. The highest BCUT2D eigenvalue weighted by atomic mass is 16.6. The molecule has 0 spiro atoms. The zero-order valence-electron chi connectivity index (χ0n) is 3.25. The summed E-state index contributed by atoms with van der Waals surface area (Å²) in [6.45, 7) is 0. The molecular weight excluding hydrogens is 98.0 g/mol. The van der Waals surface area contributed by atoms with Gasteiger partial charge in [-0.1, -0.05) is 5.16 Å². The van der Waals surface area contributed by atoms with E-state index in [-0.39, 0.29) is 0 Å². The summed E-state index contributed by atoms with van der Waals surface area (Å²) in [4.78, 5) is 0. The first-order valence-electron chi connectivity index (χ1n) is 1.56. The first-order valence-corrected chi connectivity index (χ1v) is 1.56. The van der Waals surface area contributed by atoms with Crippen molar-refractivity contribution in [1.29, 1.82) is 0 Å². The van der Waals surface area contributed by atoms with Gasteiger partial charge in [0.2, 0.25) is 5.75 Å². The maximum atomic E-state index is 8.30. The Morgan fingerprint density at radius 3 is 2.43 bits per heavy atom. The minimum Gasteiger partial charge on any atom is -0.500 e. The van der Waals surface area contributed by atoms with Crippen LogP contribution in [0.5, 0.6) is 11.7 Å². The standard InChI is InChI=1S/C3H2NO3/c5-2-1-4-7-3(2)6/h5-6H. The molecule has 1 aromatic rings. The van der Waals surface area contributed by atoms with Crippen LogP contribution in [-0.4, -0.2) is 15.4 Å². The van der Waals surface area contributed by atoms with Crippen molar-refractivity contribution in [2.45, 2.75) is 0 Å². The van der Waals surface area contributed by atoms with Crippen molar-refractivity contribution in [3.8, 4) is 11.7 Å². The van der Waals surface area contributed by atoms with E-state index in [2.05, 4.69) is 9.68 Å². The molecule has 4 heteroatoms. The van der Waals surface area contributed by atoms with Crippen LogP contribution in [-0.2, 0) is 0 Å². The number of rotatable bonds is 0. The third kappa shape index (κ3) is 0.489. The van der Waals surface area contributed by atoms with Crippen molar-refractivity contribution in [2.75, 3.05) is 0 Å². The van der Waals surface area contributed by atoms with Crippen LogP contribution in [0.1, 0.15) is 0 Å². The molecule has 0 fully saturated rings. The van der Waals surface area contributed by atoms with Crippen molar-refractivity contribution in [3.63, 3.8) is 0 Å². The second-order valence-corrected chi connectivity index (χ2v) is 0.948. The lowest BCUT2D eigenvalue weighted by Gasteiger charge is -1.74. The van der Waals surface area contributed by atoms with Crippen LogP contribution in [0.25, 0.3) is 0 Å². The van der Waals surface area contributed by atoms with E-state index < -0.39 is 11.7 Å². The van der Waals surface area contributed by atoms with E-state index in [1.165, 1.54) is 0 Å². The Hall–Kier alpha value is -1.19. The predicted octanol–water partition coefficient (Wildman–Crippen LogP) is -0.114. The van der Waals surface area contributed by atoms with Gasteiger partial charge in [0.25, 0.3) is 0 Å². The zero-order valence-corrected chi connectivity index (χ0v) is 3.25. The Kier molecular flexibility index (Phi) is 0.651. The largest absolute Gasteiger partial charge is 0.500 e. The molecule has 7 heavy (non-hydrogen) atoms. The molecular formula is C3H2NO3. The minimum absolute atomic E-state index is 0.458. The summed E-state index contributed by atoms with van der Waals surface area (Å²) in [5.74, 6) is -1.06. The van der Waals surface area contributed by atoms with Crippen molar-refractivity contribution in [2.24, 2.45) is 0 Å². The monoisotopic (exact) mass is 100 g/mol. The Labute approximate surface area is 39.0 Å². The number of hydrogen-bond donors (Lipinski definition) is 2. The van der Waals surface area contributed by atoms with Gasteiger partial charge in [0.1, 0.15) is 0 Å². The van der Waals surface area contributed by atoms with Crippen LogP contribution < -0.4 is 0 Å². The third-order valence-electron chi connectivity index (χ3n) is 0.486. The van der Waals surface area contributed by atoms with Gasteiger partial charge in [0.05, 0.1) is 0 Å². The van der Waals surface area contributed by atoms with Crippen molar-refractivity contribution < 1.29 is 14.7 Å². The smallest absolute Gasteiger partial charge is 0.352 e. The van der Waals surface area contributed by atoms with Gasteiger partial charge in [-0.15, -0.1) is 0 Å². The second kappa shape index (κ2) is 1.14. The van der Waals surface area contributed by atoms with Crippen LogP contribution in [0.4, 0.5) is 0 Å². The molecule has 0 aliphatic carbocycles. The summed E-state index contributed by atoms with van der Waals surface area (Å²) >= 11 is 0. The number of aromatic nitrogens is 1. The molecule has 1 aromatic heterocycles. The fourth-order valence-electron chi connectivity index (χ4n) is 0.200. The highest BCUT2D eigenvalue weighted by Gasteiger charge is 2.00. The summed E-state index contributed by atoms with van der Waals surface area (Å²) in [5, 5.41) is 19.5. The SMILES string of the molecule is Oc1[c]noc1O. The highest BCUT2D eigenvalue weighted by molar-refractivity contribution is 5.21. The van der Waals surface area contributed by atoms with Gasteiger partial charge in [0, 0.05) is 0 Å². The minimum atomic E-state index is -0.597. The summed E-state index contributed by atoms with van der Waals surface area (Å²) in [6.07, 6.45) is 1.96. The van der Waals surface area contributed by atoms with E-state index in [1.54, 1.807) is 0 Å². The average molecular weight is 100 g/mol. The molecule has 0 saturated carbocycles. The average Bonchev–Trinajstić information content (AvgIpc) is 1.91. The van der Waals surface area contributed by atoms with Gasteiger partial charge >= 0.3 is 5.95 Å². The van der Waals surface area contributed by atoms with E-state index in [4.69, 9.17) is 10.2 Å². The molecule has 0 aromatic carbocycles. The molecule has 0 amide bonds. The topological polar surface area (TPSA) is 66.5 Å². The van der Waals surface area contributed by atoms with Crippen LogP contribution >= 0.6 is 0 Å². The Morgan fingerprint density at radius 1 is 1.57 bits per heavy atom. The molecule has 0 unspecified atom stereocenters. The van der Waals surface area contributed by atoms with Crippen LogP contribution in [0.3, 0.4) is 0 Å². The third-order valence-corrected chi connectivity index (χ3v) is 0.486. The maximum absolute atomic E-state index is 8.30. The Balaban J connectivity index is 3.12. The van der Waals surface area contributed by atoms with Gasteiger partial charge in [0.15, 0.2) is 6.20 Å². The molecule has 0 bridgehead atoms. The number of nitrogens with zero attached hydrogens (tertiary/aromatic N) is 1. The summed E-state index contributed by atoms with van der Waals surface area (Å²) in [6, 6.07) is 0. The Morgan fingerprint density at radius 2 is 2.29 bits per heavy atom. The zero-order chi connectivity index (χ0) is 5.28. The molecule has 2 N–H and O–H groups in total. The van der Waals surface area contributed by atoms with Crippen molar-refractivity contribution in [1.82, 2.24) is 5.16 Å². The van der Waals surface area contributed by atoms with E-state index in [0.29, 0.717) is 0 Å². The van der Waals surface area contributed by atoms with Crippen molar-refractivity contribution in [3.05, 3.63) is 6.20 Å². The maximum Gasteiger partial charge on any atom is 0.352 e. The molecule has 0 aliphatic rings. The predicted molar refractivity (Wildman–Crippen MR) is 18.7 cm³/mol. The van der Waals surface area contributed by atoms with Crippen LogP contribution in [0.2, 0.25) is 0 Å². The quantitative estimate of drug-likeness (QED) is 0.477. The van der Waals surface area contributed by atoms with Gasteiger partial charge in [-0.25, -0.2) is 0 Å². The summed E-state index contributed by atoms with van der Waals surface area (Å²) in [5.41, 5.74) is 0. The van der Waals surface area contributed by atoms with Gasteiger partial charge in [-0.2, -0.15) is 0 Å². The number of hydrogen-bond acceptors (Lipinski definition) is 4. The normalized spacial score (nSPS) is 9.14. The Bertz CT molecular complexity index is 142. The van der Waals surface area contributed by atoms with Crippen LogP contribution in [0, 0.1) is 6.20 Å². The first-order chi connectivity index (χ1) is 3.30. The van der Waals surface area contributed by atoms with Gasteiger partial charge in [-0.05, 0) is 0 Å². The molecule has 1 radical (unpaired) electrons. The highest BCUT2D eigenvalue weighted by Crippen LogP contribution is 2.20. The van der Waals surface area contributed by atoms with E-state index in [0.717, 1.165) is 0 Å². The summed E-state index contributed by atoms with van der Waals surface area (Å²) < 4.78 is 3.96. The molecule has 1 rings (SSSR count). The molecule has 4 nitrogen and oxygen atoms in total. The van der Waals surface area contributed by atoms with E-state index in [9.17, 15) is 0 Å². The second-order valence-electron chi connectivity index (χ2n) is 0.948. The molecule has 0 atom stereocenters. The number of aromatic hydroxyl groups is 2. The van der Waals surface area contributed by atoms with Gasteiger partial charge < -0.3 is 14.7 Å². The lowest BCUT2D eigenvalue weighted by Crippen LogP contribution is -1.51. The van der Waals surface area contributed by atoms with Crippen LogP contribution in [0.15, 0.2) is 4.52 Å².